The van der Waals surface area contributed by atoms with Crippen LogP contribution >= 0.6 is 27.7 Å². The van der Waals surface area contributed by atoms with Gasteiger partial charge in [0.1, 0.15) is 6.04 Å². The van der Waals surface area contributed by atoms with Crippen molar-refractivity contribution in [2.45, 2.75) is 53.7 Å². The molecule has 0 aromatic heterocycles. The lowest BCUT2D eigenvalue weighted by Gasteiger charge is -2.38. The minimum absolute atomic E-state index is 0.0101. The first-order valence-electron chi connectivity index (χ1n) is 12.7. The summed E-state index contributed by atoms with van der Waals surface area (Å²) in [6, 6.07) is 17.6. The second-order valence-corrected chi connectivity index (χ2v) is 13.2. The molecule has 196 valence electrons. The van der Waals surface area contributed by atoms with E-state index < -0.39 is 28.7 Å². The van der Waals surface area contributed by atoms with Crippen LogP contribution in [0.5, 0.6) is 0 Å². The van der Waals surface area contributed by atoms with Crippen LogP contribution in [-0.2, 0) is 20.9 Å². The molecule has 3 unspecified atom stereocenters. The van der Waals surface area contributed by atoms with E-state index in [4.69, 9.17) is 0 Å². The largest absolute Gasteiger partial charge is 0.394 e. The highest BCUT2D eigenvalue weighted by molar-refractivity contribution is 9.09. The van der Waals surface area contributed by atoms with Gasteiger partial charge in [-0.05, 0) is 30.0 Å². The fourth-order valence-electron chi connectivity index (χ4n) is 6.27. The number of aliphatic hydroxyl groups is 1. The SMILES string of the molecule is CC(C)[C@H](CO)N1C(=O)[C@@H]2[C@@H](C(=O)Nc3ccccc3)[C@@H]3SC2(CC3Br)C1C(=O)NCc1ccccc1. The van der Waals surface area contributed by atoms with Gasteiger partial charge < -0.3 is 20.6 Å². The Morgan fingerprint density at radius 1 is 1.11 bits per heavy atom. The number of fused-ring (bicyclic) bond motifs is 1. The molecule has 0 saturated carbocycles. The van der Waals surface area contributed by atoms with Crippen molar-refractivity contribution >= 4 is 51.1 Å². The van der Waals surface area contributed by atoms with Crippen LogP contribution in [0, 0.1) is 17.8 Å². The van der Waals surface area contributed by atoms with E-state index in [0.717, 1.165) is 5.56 Å². The molecule has 7 atom stereocenters. The molecule has 1 spiro atoms. The summed E-state index contributed by atoms with van der Waals surface area (Å²) in [6.07, 6.45) is 0.601. The van der Waals surface area contributed by atoms with Crippen molar-refractivity contribution in [3.63, 3.8) is 0 Å². The van der Waals surface area contributed by atoms with Crippen LogP contribution < -0.4 is 10.6 Å². The summed E-state index contributed by atoms with van der Waals surface area (Å²) in [5.74, 6) is -1.95. The van der Waals surface area contributed by atoms with Gasteiger partial charge in [0, 0.05) is 22.3 Å². The monoisotopic (exact) mass is 585 g/mol. The molecule has 3 aliphatic rings. The van der Waals surface area contributed by atoms with E-state index in [2.05, 4.69) is 26.6 Å². The number of aliphatic hydroxyl groups excluding tert-OH is 1. The number of carbonyl (C=O) groups excluding carboxylic acids is 3. The number of alkyl halides is 1. The Bertz CT molecular complexity index is 1170. The number of nitrogens with one attached hydrogen (secondary N) is 2. The van der Waals surface area contributed by atoms with E-state index in [1.54, 1.807) is 16.7 Å². The normalized spacial score (nSPS) is 30.9. The lowest BCUT2D eigenvalue weighted by molar-refractivity contribution is -0.143. The number of anilines is 1. The van der Waals surface area contributed by atoms with Crippen molar-refractivity contribution < 1.29 is 19.5 Å². The third-order valence-electron chi connectivity index (χ3n) is 7.94. The van der Waals surface area contributed by atoms with Gasteiger partial charge in [0.05, 0.1) is 29.2 Å². The Hall–Kier alpha value is -2.36. The van der Waals surface area contributed by atoms with E-state index in [9.17, 15) is 19.5 Å². The maximum atomic E-state index is 14.2. The van der Waals surface area contributed by atoms with Crippen LogP contribution in [0.15, 0.2) is 60.7 Å². The molecule has 5 rings (SSSR count). The minimum Gasteiger partial charge on any atom is -0.394 e. The fourth-order valence-corrected chi connectivity index (χ4v) is 9.87. The number of rotatable bonds is 8. The number of hydrogen-bond acceptors (Lipinski definition) is 5. The molecule has 3 fully saturated rings. The topological polar surface area (TPSA) is 98.7 Å². The molecule has 0 aliphatic carbocycles. The van der Waals surface area contributed by atoms with Gasteiger partial charge in [0.15, 0.2) is 0 Å². The maximum absolute atomic E-state index is 14.2. The number of amides is 3. The number of benzene rings is 2. The van der Waals surface area contributed by atoms with Crippen molar-refractivity contribution in [1.82, 2.24) is 10.2 Å². The van der Waals surface area contributed by atoms with Crippen LogP contribution in [0.3, 0.4) is 0 Å². The van der Waals surface area contributed by atoms with E-state index in [0.29, 0.717) is 18.7 Å². The van der Waals surface area contributed by atoms with Crippen molar-refractivity contribution in [2.75, 3.05) is 11.9 Å². The summed E-state index contributed by atoms with van der Waals surface area (Å²) in [5.41, 5.74) is 1.64. The van der Waals surface area contributed by atoms with Crippen LogP contribution in [0.2, 0.25) is 0 Å². The molecule has 7 nitrogen and oxygen atoms in total. The van der Waals surface area contributed by atoms with Crippen LogP contribution in [0.25, 0.3) is 0 Å². The van der Waals surface area contributed by atoms with Crippen molar-refractivity contribution in [2.24, 2.45) is 17.8 Å². The highest BCUT2D eigenvalue weighted by Gasteiger charge is 2.76. The lowest BCUT2D eigenvalue weighted by atomic mass is 9.70. The molecular formula is C28H32BrN3O4S. The van der Waals surface area contributed by atoms with E-state index in [-0.39, 0.29) is 40.3 Å². The Morgan fingerprint density at radius 3 is 2.38 bits per heavy atom. The van der Waals surface area contributed by atoms with Gasteiger partial charge in [-0.1, -0.05) is 78.3 Å². The third kappa shape index (κ3) is 4.49. The number of halogens is 1. The first kappa shape index (κ1) is 26.3. The highest BCUT2D eigenvalue weighted by atomic mass is 79.9. The molecule has 3 amide bonds. The van der Waals surface area contributed by atoms with Crippen LogP contribution in [-0.4, -0.2) is 61.2 Å². The third-order valence-corrected chi connectivity index (χ3v) is 11.2. The second-order valence-electron chi connectivity index (χ2n) is 10.5. The molecule has 3 saturated heterocycles. The Kier molecular flexibility index (Phi) is 7.40. The summed E-state index contributed by atoms with van der Waals surface area (Å²) in [6.45, 7) is 3.97. The summed E-state index contributed by atoms with van der Waals surface area (Å²) in [5, 5.41) is 16.2. The zero-order valence-corrected chi connectivity index (χ0v) is 23.2. The summed E-state index contributed by atoms with van der Waals surface area (Å²) in [7, 11) is 0. The standard InChI is InChI=1S/C28H32BrN3O4S/c1-16(2)20(15-33)32-24(26(35)30-14-17-9-5-3-6-10-17)28-13-19(29)23(37-28)21(22(28)27(32)36)25(34)31-18-11-7-4-8-12-18/h3-12,16,19-24,33H,13-15H2,1-2H3,(H,30,35)(H,31,34)/t19?,20-,21+,22-,23+,24?,28?/m0/s1. The van der Waals surface area contributed by atoms with Gasteiger partial charge in [-0.15, -0.1) is 11.8 Å². The first-order chi connectivity index (χ1) is 17.8. The summed E-state index contributed by atoms with van der Waals surface area (Å²) >= 11 is 5.38. The van der Waals surface area contributed by atoms with E-state index in [1.165, 1.54) is 0 Å². The van der Waals surface area contributed by atoms with Gasteiger partial charge in [-0.2, -0.15) is 0 Å². The van der Waals surface area contributed by atoms with Crippen molar-refractivity contribution in [3.05, 3.63) is 66.2 Å². The molecular weight excluding hydrogens is 554 g/mol. The molecule has 2 bridgehead atoms. The number of para-hydroxylation sites is 1. The summed E-state index contributed by atoms with van der Waals surface area (Å²) in [4.78, 5) is 43.3. The fraction of sp³-hybridized carbons (Fsp3) is 0.464. The maximum Gasteiger partial charge on any atom is 0.244 e. The molecule has 37 heavy (non-hydrogen) atoms. The van der Waals surface area contributed by atoms with Gasteiger partial charge in [0.2, 0.25) is 17.7 Å². The van der Waals surface area contributed by atoms with Crippen LogP contribution in [0.4, 0.5) is 5.69 Å². The zero-order valence-electron chi connectivity index (χ0n) is 20.8. The second kappa shape index (κ2) is 10.4. The molecule has 3 N–H and O–H groups in total. The van der Waals surface area contributed by atoms with E-state index >= 15 is 0 Å². The quantitative estimate of drug-likeness (QED) is 0.412. The Labute approximate surface area is 229 Å². The molecule has 2 aromatic rings. The highest BCUT2D eigenvalue weighted by Crippen LogP contribution is 2.68. The zero-order chi connectivity index (χ0) is 26.3. The number of nitrogens with zero attached hydrogens (tertiary/aromatic N) is 1. The molecule has 3 heterocycles. The van der Waals surface area contributed by atoms with E-state index in [1.807, 2.05) is 74.5 Å². The number of thioether (sulfide) groups is 1. The van der Waals surface area contributed by atoms with Gasteiger partial charge in [0.25, 0.3) is 0 Å². The predicted molar refractivity (Wildman–Crippen MR) is 148 cm³/mol. The van der Waals surface area contributed by atoms with Crippen LogP contribution in [0.1, 0.15) is 25.8 Å². The van der Waals surface area contributed by atoms with Gasteiger partial charge in [-0.25, -0.2) is 0 Å². The average Bonchev–Trinajstić information content (AvgIpc) is 3.48. The van der Waals surface area contributed by atoms with Gasteiger partial charge >= 0.3 is 0 Å². The summed E-state index contributed by atoms with van der Waals surface area (Å²) < 4.78 is -0.752. The lowest BCUT2D eigenvalue weighted by Crippen LogP contribution is -2.57. The van der Waals surface area contributed by atoms with Gasteiger partial charge in [-0.3, -0.25) is 14.4 Å². The number of hydrogen-bond donors (Lipinski definition) is 3. The Morgan fingerprint density at radius 2 is 1.76 bits per heavy atom. The number of carbonyl (C=O) groups is 3. The number of likely N-dealkylation sites (tertiary alicyclic amines) is 1. The average molecular weight is 587 g/mol. The molecule has 0 radical (unpaired) electrons. The minimum atomic E-state index is -0.780. The Balaban J connectivity index is 1.50. The van der Waals surface area contributed by atoms with Crippen molar-refractivity contribution in [3.8, 4) is 0 Å². The van der Waals surface area contributed by atoms with Crippen molar-refractivity contribution in [1.29, 1.82) is 0 Å². The first-order valence-corrected chi connectivity index (χ1v) is 14.5. The predicted octanol–water partition coefficient (Wildman–Crippen LogP) is 3.42. The molecule has 9 heteroatoms. The molecule has 2 aromatic carbocycles. The smallest absolute Gasteiger partial charge is 0.244 e. The molecule has 3 aliphatic heterocycles.